The Bertz CT molecular complexity index is 763. The zero-order valence-electron chi connectivity index (χ0n) is 18.7. The fourth-order valence-electron chi connectivity index (χ4n) is 4.47. The molecule has 1 N–H and O–H groups in total. The highest BCUT2D eigenvalue weighted by molar-refractivity contribution is 7.15. The third-order valence-electron chi connectivity index (χ3n) is 6.39. The van der Waals surface area contributed by atoms with E-state index in [0.717, 1.165) is 23.8 Å². The smallest absolute Gasteiger partial charge is 0.257 e. The molecule has 0 atom stereocenters. The molecule has 4 nitrogen and oxygen atoms in total. The van der Waals surface area contributed by atoms with Crippen LogP contribution in [0.25, 0.3) is 0 Å². The highest BCUT2D eigenvalue weighted by Crippen LogP contribution is 2.37. The third kappa shape index (κ3) is 6.90. The Kier molecular flexibility index (Phi) is 9.31. The zero-order chi connectivity index (χ0) is 21.2. The second-order valence-corrected chi connectivity index (χ2v) is 9.81. The number of hydrogen-bond acceptors (Lipinski definition) is 4. The molecular weight excluding hydrogens is 390 g/mol. The molecule has 1 aliphatic rings. The van der Waals surface area contributed by atoms with Crippen LogP contribution in [0.15, 0.2) is 24.3 Å². The van der Waals surface area contributed by atoms with Crippen molar-refractivity contribution in [2.75, 3.05) is 5.32 Å². The summed E-state index contributed by atoms with van der Waals surface area (Å²) in [6.07, 6.45) is 15.2. The van der Waals surface area contributed by atoms with E-state index in [1.165, 1.54) is 81.1 Å². The molecule has 0 radical (unpaired) electrons. The number of carbonyl (C=O) groups is 1. The van der Waals surface area contributed by atoms with E-state index in [-0.39, 0.29) is 5.91 Å². The van der Waals surface area contributed by atoms with E-state index < -0.39 is 0 Å². The maximum absolute atomic E-state index is 12.6. The van der Waals surface area contributed by atoms with Gasteiger partial charge in [0.25, 0.3) is 5.91 Å². The first-order chi connectivity index (χ1) is 14.7. The van der Waals surface area contributed by atoms with E-state index >= 15 is 0 Å². The Balaban J connectivity index is 1.46. The molecule has 1 saturated carbocycles. The van der Waals surface area contributed by atoms with Crippen molar-refractivity contribution in [3.8, 4) is 0 Å². The summed E-state index contributed by atoms with van der Waals surface area (Å²) in [6.45, 7) is 4.47. The molecule has 1 aromatic carbocycles. The summed E-state index contributed by atoms with van der Waals surface area (Å²) in [5, 5.41) is 12.8. The maximum atomic E-state index is 12.6. The molecule has 1 aromatic heterocycles. The molecule has 1 amide bonds. The number of rotatable bonds is 11. The molecular formula is C25H37N3OS. The SMILES string of the molecule is CCCCCc1nnc(NC(=O)c2ccc(C3CCC(CCCCC)CC3)cc2)s1. The Labute approximate surface area is 185 Å². The number of aromatic nitrogens is 2. The van der Waals surface area contributed by atoms with Crippen LogP contribution in [0, 0.1) is 5.92 Å². The van der Waals surface area contributed by atoms with Crippen molar-refractivity contribution in [3.63, 3.8) is 0 Å². The van der Waals surface area contributed by atoms with Gasteiger partial charge in [0.1, 0.15) is 5.01 Å². The Morgan fingerprint density at radius 3 is 2.37 bits per heavy atom. The summed E-state index contributed by atoms with van der Waals surface area (Å²) >= 11 is 1.49. The zero-order valence-corrected chi connectivity index (χ0v) is 19.5. The fourth-order valence-corrected chi connectivity index (χ4v) is 5.25. The van der Waals surface area contributed by atoms with Gasteiger partial charge in [-0.1, -0.05) is 75.8 Å². The van der Waals surface area contributed by atoms with Crippen LogP contribution in [-0.4, -0.2) is 16.1 Å². The molecule has 2 aromatic rings. The predicted molar refractivity (Wildman–Crippen MR) is 126 cm³/mol. The fraction of sp³-hybridized carbons (Fsp3) is 0.640. The van der Waals surface area contributed by atoms with Gasteiger partial charge in [-0.15, -0.1) is 10.2 Å². The number of anilines is 1. The summed E-state index contributed by atoms with van der Waals surface area (Å²) in [5.74, 6) is 1.48. The summed E-state index contributed by atoms with van der Waals surface area (Å²) < 4.78 is 0. The maximum Gasteiger partial charge on any atom is 0.257 e. The summed E-state index contributed by atoms with van der Waals surface area (Å²) in [7, 11) is 0. The molecule has 0 aliphatic heterocycles. The monoisotopic (exact) mass is 427 g/mol. The van der Waals surface area contributed by atoms with Crippen LogP contribution in [0.4, 0.5) is 5.13 Å². The van der Waals surface area contributed by atoms with E-state index in [9.17, 15) is 4.79 Å². The second kappa shape index (κ2) is 12.2. The molecule has 5 heteroatoms. The van der Waals surface area contributed by atoms with Crippen molar-refractivity contribution in [2.24, 2.45) is 5.92 Å². The number of nitrogens with one attached hydrogen (secondary N) is 1. The van der Waals surface area contributed by atoms with Crippen molar-refractivity contribution in [1.82, 2.24) is 10.2 Å². The van der Waals surface area contributed by atoms with Crippen molar-refractivity contribution < 1.29 is 4.79 Å². The van der Waals surface area contributed by atoms with Gasteiger partial charge in [0, 0.05) is 12.0 Å². The highest BCUT2D eigenvalue weighted by Gasteiger charge is 2.22. The van der Waals surface area contributed by atoms with Gasteiger partial charge in [0.2, 0.25) is 5.13 Å². The van der Waals surface area contributed by atoms with Crippen molar-refractivity contribution in [1.29, 1.82) is 0 Å². The van der Waals surface area contributed by atoms with E-state index in [1.54, 1.807) is 0 Å². The lowest BCUT2D eigenvalue weighted by molar-refractivity contribution is 0.102. The first-order valence-electron chi connectivity index (χ1n) is 11.9. The predicted octanol–water partition coefficient (Wildman–Crippen LogP) is 7.38. The molecule has 164 valence electrons. The van der Waals surface area contributed by atoms with Crippen molar-refractivity contribution in [2.45, 2.75) is 96.8 Å². The first kappa shape index (κ1) is 22.9. The van der Waals surface area contributed by atoms with Crippen LogP contribution in [0.1, 0.15) is 111 Å². The minimum absolute atomic E-state index is 0.0996. The van der Waals surface area contributed by atoms with E-state index in [0.29, 0.717) is 16.6 Å². The number of amides is 1. The number of carbonyl (C=O) groups excluding carboxylic acids is 1. The Hall–Kier alpha value is -1.75. The summed E-state index contributed by atoms with van der Waals surface area (Å²) in [5.41, 5.74) is 2.07. The average Bonchev–Trinajstić information content (AvgIpc) is 3.22. The standard InChI is InChI=1S/C25H37N3OS/c1-3-5-7-9-19-11-13-20(14-12-19)21-15-17-22(18-16-21)24(29)26-25-28-27-23(30-25)10-8-6-4-2/h15-20H,3-14H2,1-2H3,(H,26,28,29). The molecule has 0 spiro atoms. The minimum atomic E-state index is -0.0996. The van der Waals surface area contributed by atoms with Crippen LogP contribution in [-0.2, 0) is 6.42 Å². The lowest BCUT2D eigenvalue weighted by atomic mass is 9.77. The van der Waals surface area contributed by atoms with Gasteiger partial charge < -0.3 is 0 Å². The molecule has 3 rings (SSSR count). The number of aryl methyl sites for hydroxylation is 1. The van der Waals surface area contributed by atoms with Crippen LogP contribution < -0.4 is 5.32 Å². The molecule has 1 fully saturated rings. The van der Waals surface area contributed by atoms with Gasteiger partial charge >= 0.3 is 0 Å². The largest absolute Gasteiger partial charge is 0.296 e. The van der Waals surface area contributed by atoms with Gasteiger partial charge in [-0.2, -0.15) is 0 Å². The lowest BCUT2D eigenvalue weighted by Gasteiger charge is -2.29. The molecule has 1 aliphatic carbocycles. The number of nitrogens with zero attached hydrogens (tertiary/aromatic N) is 2. The van der Waals surface area contributed by atoms with Crippen LogP contribution in [0.2, 0.25) is 0 Å². The molecule has 0 bridgehead atoms. The summed E-state index contributed by atoms with van der Waals surface area (Å²) in [4.78, 5) is 12.6. The molecule has 1 heterocycles. The lowest BCUT2D eigenvalue weighted by Crippen LogP contribution is -2.14. The molecule has 0 unspecified atom stereocenters. The topological polar surface area (TPSA) is 54.9 Å². The van der Waals surface area contributed by atoms with Crippen LogP contribution >= 0.6 is 11.3 Å². The highest BCUT2D eigenvalue weighted by atomic mass is 32.1. The van der Waals surface area contributed by atoms with Gasteiger partial charge in [0.15, 0.2) is 0 Å². The number of benzene rings is 1. The van der Waals surface area contributed by atoms with Gasteiger partial charge in [-0.05, 0) is 61.6 Å². The van der Waals surface area contributed by atoms with Gasteiger partial charge in [-0.3, -0.25) is 10.1 Å². The van der Waals surface area contributed by atoms with Gasteiger partial charge in [0.05, 0.1) is 0 Å². The molecule has 30 heavy (non-hydrogen) atoms. The molecule has 0 saturated heterocycles. The van der Waals surface area contributed by atoms with E-state index in [1.807, 2.05) is 12.1 Å². The minimum Gasteiger partial charge on any atom is -0.296 e. The second-order valence-electron chi connectivity index (χ2n) is 8.75. The Morgan fingerprint density at radius 2 is 1.67 bits per heavy atom. The van der Waals surface area contributed by atoms with E-state index in [2.05, 4.69) is 41.5 Å². The first-order valence-corrected chi connectivity index (χ1v) is 12.7. The van der Waals surface area contributed by atoms with Crippen molar-refractivity contribution >= 4 is 22.4 Å². The summed E-state index contributed by atoms with van der Waals surface area (Å²) in [6, 6.07) is 8.21. The Morgan fingerprint density at radius 1 is 0.967 bits per heavy atom. The van der Waals surface area contributed by atoms with Gasteiger partial charge in [-0.25, -0.2) is 0 Å². The number of hydrogen-bond donors (Lipinski definition) is 1. The van der Waals surface area contributed by atoms with E-state index in [4.69, 9.17) is 0 Å². The van der Waals surface area contributed by atoms with Crippen LogP contribution in [0.3, 0.4) is 0 Å². The quantitative estimate of drug-likeness (QED) is 0.381. The average molecular weight is 428 g/mol. The number of unbranched alkanes of at least 4 members (excludes halogenated alkanes) is 4. The third-order valence-corrected chi connectivity index (χ3v) is 7.29. The van der Waals surface area contributed by atoms with Crippen LogP contribution in [0.5, 0.6) is 0 Å². The van der Waals surface area contributed by atoms with Crippen molar-refractivity contribution in [3.05, 3.63) is 40.4 Å². The normalized spacial score (nSPS) is 19.0.